The molecule has 0 amide bonds. The average molecular weight is 398 g/mol. The Hall–Kier alpha value is -2.24. The van der Waals surface area contributed by atoms with E-state index < -0.39 is 36.8 Å². The van der Waals surface area contributed by atoms with Gasteiger partial charge in [0.05, 0.1) is 6.61 Å². The van der Waals surface area contributed by atoms with Crippen molar-refractivity contribution in [3.63, 3.8) is 0 Å². The van der Waals surface area contributed by atoms with E-state index in [1.165, 1.54) is 0 Å². The molecule has 6 heteroatoms. The van der Waals surface area contributed by atoms with E-state index in [0.717, 1.165) is 22.3 Å². The average Bonchev–Trinajstić information content (AvgIpc) is 2.72. The van der Waals surface area contributed by atoms with Crippen LogP contribution in [-0.2, 0) is 16.9 Å². The van der Waals surface area contributed by atoms with Gasteiger partial charge in [-0.15, -0.1) is 5.92 Å². The number of ether oxygens (including phenoxy) is 1. The second kappa shape index (κ2) is 8.64. The lowest BCUT2D eigenvalue weighted by Gasteiger charge is -2.45. The van der Waals surface area contributed by atoms with Crippen LogP contribution < -0.4 is 0 Å². The maximum absolute atomic E-state index is 11.0. The van der Waals surface area contributed by atoms with Crippen LogP contribution in [0, 0.1) is 18.8 Å². The van der Waals surface area contributed by atoms with Crippen LogP contribution in [0.25, 0.3) is 0 Å². The van der Waals surface area contributed by atoms with Gasteiger partial charge in [-0.3, -0.25) is 0 Å². The number of aliphatic hydroxyl groups excluding tert-OH is 4. The molecule has 5 atom stereocenters. The highest BCUT2D eigenvalue weighted by Gasteiger charge is 2.53. The van der Waals surface area contributed by atoms with Crippen LogP contribution in [0.2, 0.25) is 0 Å². The zero-order valence-electron chi connectivity index (χ0n) is 16.4. The summed E-state index contributed by atoms with van der Waals surface area (Å²) in [7, 11) is 0. The van der Waals surface area contributed by atoms with Crippen molar-refractivity contribution in [3.05, 3.63) is 70.3 Å². The van der Waals surface area contributed by atoms with Crippen LogP contribution in [0.4, 0.5) is 0 Å². The minimum atomic E-state index is -2.25. The quantitative estimate of drug-likeness (QED) is 0.482. The Bertz CT molecular complexity index is 911. The number of aryl methyl sites for hydroxylation is 1. The zero-order valence-corrected chi connectivity index (χ0v) is 16.4. The first-order chi connectivity index (χ1) is 13.8. The Morgan fingerprint density at radius 3 is 2.34 bits per heavy atom. The topological polar surface area (TPSA) is 110 Å². The van der Waals surface area contributed by atoms with E-state index in [-0.39, 0.29) is 5.56 Å². The van der Waals surface area contributed by atoms with Gasteiger partial charge < -0.3 is 30.3 Å². The molecule has 0 unspecified atom stereocenters. The number of hydrogen-bond acceptors (Lipinski definition) is 6. The van der Waals surface area contributed by atoms with Gasteiger partial charge in [0.25, 0.3) is 0 Å². The molecular weight excluding hydrogens is 372 g/mol. The molecule has 1 aliphatic heterocycles. The first-order valence-electron chi connectivity index (χ1n) is 9.47. The van der Waals surface area contributed by atoms with Crippen molar-refractivity contribution in [2.75, 3.05) is 6.61 Å². The standard InChI is InChI=1S/C23H26O6/c1-3-4-15-6-8-16(9-7-15)11-17-12-18(10-5-14(17)2)23(28)22(27)21(26)20(25)19(13-24)29-23/h5-10,12,19-22,24-28H,11,13H2,1-2H3/t19-,20-,21+,22-,23+/m1/s1. The van der Waals surface area contributed by atoms with Gasteiger partial charge in [-0.1, -0.05) is 30.2 Å². The normalized spacial score (nSPS) is 29.2. The molecule has 2 aromatic rings. The fraction of sp³-hybridized carbons (Fsp3) is 0.391. The summed E-state index contributed by atoms with van der Waals surface area (Å²) in [5, 5.41) is 50.8. The lowest BCUT2D eigenvalue weighted by atomic mass is 9.86. The summed E-state index contributed by atoms with van der Waals surface area (Å²) in [4.78, 5) is 0. The van der Waals surface area contributed by atoms with Crippen LogP contribution in [0.3, 0.4) is 0 Å². The third kappa shape index (κ3) is 4.21. The van der Waals surface area contributed by atoms with E-state index in [2.05, 4.69) is 11.8 Å². The van der Waals surface area contributed by atoms with Gasteiger partial charge in [0, 0.05) is 11.1 Å². The van der Waals surface area contributed by atoms with Crippen LogP contribution >= 0.6 is 0 Å². The molecule has 0 aromatic heterocycles. The molecule has 0 radical (unpaired) electrons. The molecule has 1 saturated heterocycles. The molecule has 0 saturated carbocycles. The smallest absolute Gasteiger partial charge is 0.222 e. The van der Waals surface area contributed by atoms with Gasteiger partial charge in [0.2, 0.25) is 5.79 Å². The van der Waals surface area contributed by atoms with Crippen LogP contribution in [0.5, 0.6) is 0 Å². The van der Waals surface area contributed by atoms with E-state index in [4.69, 9.17) is 4.74 Å². The van der Waals surface area contributed by atoms with Crippen LogP contribution in [-0.4, -0.2) is 56.6 Å². The molecule has 154 valence electrons. The summed E-state index contributed by atoms with van der Waals surface area (Å²) in [5.41, 5.74) is 4.11. The van der Waals surface area contributed by atoms with Crippen molar-refractivity contribution in [2.45, 2.75) is 50.5 Å². The van der Waals surface area contributed by atoms with E-state index >= 15 is 0 Å². The summed E-state index contributed by atoms with van der Waals surface area (Å²) in [6.45, 7) is 3.11. The lowest BCUT2D eigenvalue weighted by Crippen LogP contribution is -2.63. The Labute approximate surface area is 170 Å². The fourth-order valence-electron chi connectivity index (χ4n) is 3.55. The van der Waals surface area contributed by atoms with Crippen molar-refractivity contribution >= 4 is 0 Å². The van der Waals surface area contributed by atoms with E-state index in [1.807, 2.05) is 31.2 Å². The molecule has 1 fully saturated rings. The van der Waals surface area contributed by atoms with Gasteiger partial charge in [-0.25, -0.2) is 0 Å². The number of benzene rings is 2. The highest BCUT2D eigenvalue weighted by molar-refractivity contribution is 5.40. The zero-order chi connectivity index (χ0) is 21.2. The Morgan fingerprint density at radius 2 is 1.72 bits per heavy atom. The minimum absolute atomic E-state index is 0.239. The molecule has 1 heterocycles. The van der Waals surface area contributed by atoms with Gasteiger partial charge in [-0.05, 0) is 55.2 Å². The summed E-state index contributed by atoms with van der Waals surface area (Å²) >= 11 is 0. The first-order valence-corrected chi connectivity index (χ1v) is 9.47. The SMILES string of the molecule is CC#Cc1ccc(Cc2cc([C@]3(O)O[C@H](CO)[C@@H](O)[C@H](O)[C@H]3O)ccc2C)cc1. The van der Waals surface area contributed by atoms with Gasteiger partial charge in [0.15, 0.2) is 0 Å². The van der Waals surface area contributed by atoms with Crippen molar-refractivity contribution in [1.29, 1.82) is 0 Å². The number of hydrogen-bond donors (Lipinski definition) is 5. The Kier molecular flexibility index (Phi) is 6.39. The predicted molar refractivity (Wildman–Crippen MR) is 107 cm³/mol. The largest absolute Gasteiger partial charge is 0.394 e. The summed E-state index contributed by atoms with van der Waals surface area (Å²) in [6, 6.07) is 12.9. The van der Waals surface area contributed by atoms with Crippen molar-refractivity contribution in [2.24, 2.45) is 0 Å². The molecule has 29 heavy (non-hydrogen) atoms. The third-order valence-electron chi connectivity index (χ3n) is 5.35. The van der Waals surface area contributed by atoms with E-state index in [1.54, 1.807) is 25.1 Å². The predicted octanol–water partition coefficient (Wildman–Crippen LogP) is 0.576. The highest BCUT2D eigenvalue weighted by Crippen LogP contribution is 2.37. The second-order valence-electron chi connectivity index (χ2n) is 7.35. The molecule has 0 aliphatic carbocycles. The third-order valence-corrected chi connectivity index (χ3v) is 5.35. The van der Waals surface area contributed by atoms with Crippen molar-refractivity contribution in [1.82, 2.24) is 0 Å². The maximum Gasteiger partial charge on any atom is 0.222 e. The minimum Gasteiger partial charge on any atom is -0.394 e. The molecule has 0 bridgehead atoms. The monoisotopic (exact) mass is 398 g/mol. The number of rotatable bonds is 4. The van der Waals surface area contributed by atoms with Crippen LogP contribution in [0.15, 0.2) is 42.5 Å². The lowest BCUT2D eigenvalue weighted by molar-refractivity contribution is -0.357. The maximum atomic E-state index is 11.0. The second-order valence-corrected chi connectivity index (χ2v) is 7.35. The summed E-state index contributed by atoms with van der Waals surface area (Å²) in [6.07, 6.45) is -5.59. The first kappa shape index (κ1) is 21.5. The van der Waals surface area contributed by atoms with Gasteiger partial charge in [0.1, 0.15) is 24.4 Å². The molecule has 6 nitrogen and oxygen atoms in total. The Balaban J connectivity index is 1.92. The summed E-state index contributed by atoms with van der Waals surface area (Å²) in [5.74, 6) is 3.60. The van der Waals surface area contributed by atoms with Gasteiger partial charge >= 0.3 is 0 Å². The van der Waals surface area contributed by atoms with Gasteiger partial charge in [-0.2, -0.15) is 0 Å². The molecule has 0 spiro atoms. The van der Waals surface area contributed by atoms with E-state index in [0.29, 0.717) is 6.42 Å². The molecule has 5 N–H and O–H groups in total. The molecular formula is C23H26O6. The van der Waals surface area contributed by atoms with E-state index in [9.17, 15) is 25.5 Å². The number of aliphatic hydroxyl groups is 5. The molecule has 3 rings (SSSR count). The Morgan fingerprint density at radius 1 is 1.03 bits per heavy atom. The fourth-order valence-corrected chi connectivity index (χ4v) is 3.55. The summed E-state index contributed by atoms with van der Waals surface area (Å²) < 4.78 is 5.42. The van der Waals surface area contributed by atoms with Crippen molar-refractivity contribution in [3.8, 4) is 11.8 Å². The highest BCUT2D eigenvalue weighted by atomic mass is 16.7. The molecule has 2 aromatic carbocycles. The van der Waals surface area contributed by atoms with Crippen molar-refractivity contribution < 1.29 is 30.3 Å². The molecule has 1 aliphatic rings. The van der Waals surface area contributed by atoms with Crippen LogP contribution in [0.1, 0.15) is 34.7 Å².